The molecule has 7 nitrogen and oxygen atoms in total. The van der Waals surface area contributed by atoms with Gasteiger partial charge in [-0.25, -0.2) is 17.7 Å². The van der Waals surface area contributed by atoms with Gasteiger partial charge >= 0.3 is 0 Å². The van der Waals surface area contributed by atoms with Crippen LogP contribution in [0.3, 0.4) is 0 Å². The van der Waals surface area contributed by atoms with Crippen LogP contribution < -0.4 is 10.1 Å². The molecule has 0 spiro atoms. The molecule has 19 heavy (non-hydrogen) atoms. The summed E-state index contributed by atoms with van der Waals surface area (Å²) in [6, 6.07) is 0. The molecule has 0 bridgehead atoms. The number of thiazole rings is 1. The summed E-state index contributed by atoms with van der Waals surface area (Å²) in [5.41, 5.74) is 0. The van der Waals surface area contributed by atoms with Gasteiger partial charge in [0.25, 0.3) is 11.1 Å². The number of ether oxygens (including phenoxy) is 1. The zero-order valence-electron chi connectivity index (χ0n) is 10.5. The number of nitrogens with zero attached hydrogens (tertiary/aromatic N) is 2. The molecule has 0 unspecified atom stereocenters. The van der Waals surface area contributed by atoms with E-state index in [1.807, 2.05) is 0 Å². The Morgan fingerprint density at radius 1 is 1.63 bits per heavy atom. The molecule has 1 amide bonds. The van der Waals surface area contributed by atoms with Gasteiger partial charge in [-0.15, -0.1) is 0 Å². The Morgan fingerprint density at radius 2 is 2.42 bits per heavy atom. The first-order chi connectivity index (χ1) is 9.03. The highest BCUT2D eigenvalue weighted by molar-refractivity contribution is 7.89. The third-order valence-corrected chi connectivity index (χ3v) is 5.65. The standard InChI is InChI=1S/C10H15N3O4S2/c1-17-10-12-7-8(18-10)9(14)11-3-5-13-4-2-6-19(13,15)16/h7H,2-6H2,1H3,(H,11,14). The Labute approximate surface area is 115 Å². The van der Waals surface area contributed by atoms with Gasteiger partial charge in [0.15, 0.2) is 0 Å². The predicted molar refractivity (Wildman–Crippen MR) is 71.0 cm³/mol. The van der Waals surface area contributed by atoms with Gasteiger partial charge in [0.2, 0.25) is 10.0 Å². The Hall–Kier alpha value is -1.19. The highest BCUT2D eigenvalue weighted by Gasteiger charge is 2.27. The third kappa shape index (κ3) is 3.43. The Morgan fingerprint density at radius 3 is 3.00 bits per heavy atom. The summed E-state index contributed by atoms with van der Waals surface area (Å²) in [6.45, 7) is 1.13. The number of amides is 1. The van der Waals surface area contributed by atoms with Gasteiger partial charge in [0.1, 0.15) is 4.88 Å². The molecule has 1 fully saturated rings. The average Bonchev–Trinajstić information content (AvgIpc) is 2.96. The van der Waals surface area contributed by atoms with Crippen molar-refractivity contribution in [1.29, 1.82) is 0 Å². The minimum atomic E-state index is -3.10. The van der Waals surface area contributed by atoms with Crippen molar-refractivity contribution in [2.45, 2.75) is 6.42 Å². The SMILES string of the molecule is COc1ncc(C(=O)NCCN2CCCS2(=O)=O)s1. The molecular formula is C10H15N3O4S2. The lowest BCUT2D eigenvalue weighted by atomic mass is 10.4. The van der Waals surface area contributed by atoms with E-state index < -0.39 is 10.0 Å². The van der Waals surface area contributed by atoms with Crippen molar-refractivity contribution >= 4 is 27.3 Å². The van der Waals surface area contributed by atoms with E-state index >= 15 is 0 Å². The fraction of sp³-hybridized carbons (Fsp3) is 0.600. The molecule has 0 aromatic carbocycles. The largest absolute Gasteiger partial charge is 0.473 e. The van der Waals surface area contributed by atoms with Crippen molar-refractivity contribution in [2.75, 3.05) is 32.5 Å². The summed E-state index contributed by atoms with van der Waals surface area (Å²) < 4.78 is 29.4. The quantitative estimate of drug-likeness (QED) is 0.822. The van der Waals surface area contributed by atoms with E-state index in [1.54, 1.807) is 0 Å². The summed E-state index contributed by atoms with van der Waals surface area (Å²) in [5.74, 6) is -0.0649. The number of carbonyl (C=O) groups is 1. The Balaban J connectivity index is 1.81. The summed E-state index contributed by atoms with van der Waals surface area (Å²) in [5, 5.41) is 3.09. The second-order valence-corrected chi connectivity index (χ2v) is 7.10. The molecule has 2 rings (SSSR count). The maximum atomic E-state index is 11.7. The zero-order valence-corrected chi connectivity index (χ0v) is 12.1. The summed E-state index contributed by atoms with van der Waals surface area (Å²) in [7, 11) is -1.61. The van der Waals surface area contributed by atoms with E-state index in [1.165, 1.54) is 17.6 Å². The predicted octanol–water partition coefficient (Wildman–Crippen LogP) is -0.0830. The van der Waals surface area contributed by atoms with Gasteiger partial charge in [-0.2, -0.15) is 0 Å². The van der Waals surface area contributed by atoms with Crippen LogP contribution in [0.4, 0.5) is 0 Å². The Kier molecular flexibility index (Phi) is 4.38. The molecule has 1 aromatic heterocycles. The van der Waals surface area contributed by atoms with Crippen LogP contribution in [0.1, 0.15) is 16.1 Å². The number of sulfonamides is 1. The minimum Gasteiger partial charge on any atom is -0.473 e. The summed E-state index contributed by atoms with van der Waals surface area (Å²) in [4.78, 5) is 16.1. The first-order valence-electron chi connectivity index (χ1n) is 5.79. The molecule has 1 aromatic rings. The molecule has 1 aliphatic rings. The fourth-order valence-electron chi connectivity index (χ4n) is 1.78. The number of methoxy groups -OCH3 is 1. The smallest absolute Gasteiger partial charge is 0.273 e. The monoisotopic (exact) mass is 305 g/mol. The lowest BCUT2D eigenvalue weighted by Crippen LogP contribution is -2.35. The van der Waals surface area contributed by atoms with Crippen LogP contribution in [0.2, 0.25) is 0 Å². The van der Waals surface area contributed by atoms with Gasteiger partial charge in [0.05, 0.1) is 19.1 Å². The van der Waals surface area contributed by atoms with E-state index in [0.717, 1.165) is 11.3 Å². The number of carbonyl (C=O) groups excluding carboxylic acids is 1. The zero-order chi connectivity index (χ0) is 13.9. The van der Waals surface area contributed by atoms with Crippen molar-refractivity contribution in [3.63, 3.8) is 0 Å². The molecule has 0 aliphatic carbocycles. The van der Waals surface area contributed by atoms with Crippen molar-refractivity contribution in [3.05, 3.63) is 11.1 Å². The summed E-state index contributed by atoms with van der Waals surface area (Å²) in [6.07, 6.45) is 2.09. The Bertz CT molecular complexity index is 555. The molecule has 0 saturated carbocycles. The minimum absolute atomic E-state index is 0.201. The van der Waals surface area contributed by atoms with Crippen LogP contribution in [0.5, 0.6) is 5.19 Å². The van der Waals surface area contributed by atoms with Crippen LogP contribution in [0, 0.1) is 0 Å². The molecule has 1 N–H and O–H groups in total. The maximum absolute atomic E-state index is 11.7. The molecule has 0 atom stereocenters. The van der Waals surface area contributed by atoms with Gasteiger partial charge in [-0.05, 0) is 6.42 Å². The molecule has 2 heterocycles. The van der Waals surface area contributed by atoms with E-state index in [2.05, 4.69) is 10.3 Å². The lowest BCUT2D eigenvalue weighted by Gasteiger charge is -2.13. The van der Waals surface area contributed by atoms with Crippen LogP contribution in [-0.4, -0.2) is 56.1 Å². The highest BCUT2D eigenvalue weighted by Crippen LogP contribution is 2.19. The highest BCUT2D eigenvalue weighted by atomic mass is 32.2. The second kappa shape index (κ2) is 5.85. The normalized spacial score (nSPS) is 18.4. The number of rotatable bonds is 5. The summed E-state index contributed by atoms with van der Waals surface area (Å²) >= 11 is 1.15. The van der Waals surface area contributed by atoms with Crippen molar-refractivity contribution < 1.29 is 17.9 Å². The molecule has 0 radical (unpaired) electrons. The van der Waals surface area contributed by atoms with Crippen molar-refractivity contribution in [3.8, 4) is 5.19 Å². The number of hydrogen-bond donors (Lipinski definition) is 1. The maximum Gasteiger partial charge on any atom is 0.273 e. The number of aromatic nitrogens is 1. The van der Waals surface area contributed by atoms with Gasteiger partial charge in [0, 0.05) is 19.6 Å². The van der Waals surface area contributed by atoms with Gasteiger partial charge < -0.3 is 10.1 Å². The number of nitrogens with one attached hydrogen (secondary N) is 1. The van der Waals surface area contributed by atoms with Crippen molar-refractivity contribution in [1.82, 2.24) is 14.6 Å². The van der Waals surface area contributed by atoms with Crippen LogP contribution in [0.15, 0.2) is 6.20 Å². The fourth-order valence-corrected chi connectivity index (χ4v) is 3.96. The lowest BCUT2D eigenvalue weighted by molar-refractivity contribution is 0.0955. The molecule has 1 saturated heterocycles. The first kappa shape index (κ1) is 14.2. The van der Waals surface area contributed by atoms with E-state index in [9.17, 15) is 13.2 Å². The molecule has 9 heteroatoms. The van der Waals surface area contributed by atoms with Crippen molar-refractivity contribution in [2.24, 2.45) is 0 Å². The second-order valence-electron chi connectivity index (χ2n) is 4.02. The molecular weight excluding hydrogens is 290 g/mol. The van der Waals surface area contributed by atoms with E-state index in [4.69, 9.17) is 4.74 Å². The first-order valence-corrected chi connectivity index (χ1v) is 8.21. The third-order valence-electron chi connectivity index (χ3n) is 2.73. The molecule has 1 aliphatic heterocycles. The van der Waals surface area contributed by atoms with Crippen LogP contribution in [0.25, 0.3) is 0 Å². The average molecular weight is 305 g/mol. The topological polar surface area (TPSA) is 88.6 Å². The van der Waals surface area contributed by atoms with Gasteiger partial charge in [-0.3, -0.25) is 4.79 Å². The van der Waals surface area contributed by atoms with E-state index in [-0.39, 0.29) is 18.2 Å². The van der Waals surface area contributed by atoms with Crippen LogP contribution in [-0.2, 0) is 10.0 Å². The van der Waals surface area contributed by atoms with E-state index in [0.29, 0.717) is 29.6 Å². The molecule has 106 valence electrons. The number of hydrogen-bond acceptors (Lipinski definition) is 6. The van der Waals surface area contributed by atoms with Gasteiger partial charge in [-0.1, -0.05) is 11.3 Å². The van der Waals surface area contributed by atoms with Crippen LogP contribution >= 0.6 is 11.3 Å².